The van der Waals surface area contributed by atoms with E-state index in [-0.39, 0.29) is 23.5 Å². The molecule has 0 aliphatic carbocycles. The van der Waals surface area contributed by atoms with E-state index < -0.39 is 5.79 Å². The van der Waals surface area contributed by atoms with Crippen LogP contribution in [0.5, 0.6) is 0 Å². The van der Waals surface area contributed by atoms with E-state index in [1.54, 1.807) is 5.01 Å². The number of hydrogen-bond acceptors (Lipinski definition) is 10. The number of rotatable bonds is 12. The summed E-state index contributed by atoms with van der Waals surface area (Å²) in [6.07, 6.45) is 3.56. The first kappa shape index (κ1) is 28.1. The van der Waals surface area contributed by atoms with Gasteiger partial charge in [-0.25, -0.2) is 15.8 Å². The van der Waals surface area contributed by atoms with Gasteiger partial charge in [0.25, 0.3) is 0 Å². The Morgan fingerprint density at radius 1 is 1.17 bits per heavy atom. The van der Waals surface area contributed by atoms with Crippen LogP contribution in [0.4, 0.5) is 11.5 Å². The van der Waals surface area contributed by atoms with E-state index in [1.165, 1.54) is 25.6 Å². The van der Waals surface area contributed by atoms with Gasteiger partial charge in [-0.1, -0.05) is 43.6 Å². The third-order valence-electron chi connectivity index (χ3n) is 3.38. The second kappa shape index (κ2) is 15.0. The lowest BCUT2D eigenvalue weighted by Crippen LogP contribution is -2.43. The average molecular weight is 454 g/mol. The summed E-state index contributed by atoms with van der Waals surface area (Å²) >= 11 is 7.67. The summed E-state index contributed by atoms with van der Waals surface area (Å²) in [4.78, 5) is 8.68. The molecule has 0 aliphatic heterocycles. The smallest absolute Gasteiger partial charge is 0.191 e. The molecule has 0 saturated carbocycles. The highest BCUT2D eigenvalue weighted by molar-refractivity contribution is 7.99. The van der Waals surface area contributed by atoms with Crippen LogP contribution in [0, 0.1) is 0 Å². The first-order valence-corrected chi connectivity index (χ1v) is 11.0. The third-order valence-corrected chi connectivity index (χ3v) is 4.73. The molecule has 1 heterocycles. The summed E-state index contributed by atoms with van der Waals surface area (Å²) in [6.45, 7) is 7.62. The predicted molar refractivity (Wildman–Crippen MR) is 119 cm³/mol. The number of halogens is 1. The zero-order valence-electron chi connectivity index (χ0n) is 17.8. The molecule has 7 N–H and O–H groups in total. The van der Waals surface area contributed by atoms with Gasteiger partial charge in [-0.3, -0.25) is 5.01 Å². The van der Waals surface area contributed by atoms with Crippen molar-refractivity contribution in [2.75, 3.05) is 36.3 Å². The third kappa shape index (κ3) is 13.1. The van der Waals surface area contributed by atoms with Crippen LogP contribution in [0.3, 0.4) is 0 Å². The Labute approximate surface area is 182 Å². The molecule has 0 bridgehead atoms. The van der Waals surface area contributed by atoms with E-state index in [0.29, 0.717) is 30.6 Å². The van der Waals surface area contributed by atoms with E-state index in [0.717, 1.165) is 25.0 Å². The van der Waals surface area contributed by atoms with E-state index in [9.17, 15) is 0 Å². The zero-order valence-corrected chi connectivity index (χ0v) is 19.3. The van der Waals surface area contributed by atoms with E-state index in [2.05, 4.69) is 23.8 Å². The fraction of sp³-hybridized carbons (Fsp3) is 0.778. The maximum absolute atomic E-state index is 8.78. The highest BCUT2D eigenvalue weighted by Gasteiger charge is 2.21. The molecule has 170 valence electrons. The van der Waals surface area contributed by atoms with Gasteiger partial charge < -0.3 is 25.8 Å². The number of hydrogen-bond donors (Lipinski definition) is 5. The largest absolute Gasteiger partial charge is 0.394 e. The summed E-state index contributed by atoms with van der Waals surface area (Å²) in [5.74, 6) is 6.15. The molecule has 0 aromatic carbocycles. The Morgan fingerprint density at radius 2 is 1.79 bits per heavy atom. The van der Waals surface area contributed by atoms with Gasteiger partial charge in [0.2, 0.25) is 0 Å². The van der Waals surface area contributed by atoms with Crippen molar-refractivity contribution < 1.29 is 20.1 Å². The van der Waals surface area contributed by atoms with Crippen molar-refractivity contribution >= 4 is 34.9 Å². The van der Waals surface area contributed by atoms with E-state index >= 15 is 0 Å². The predicted octanol–water partition coefficient (Wildman–Crippen LogP) is 2.17. The number of aliphatic hydroxyl groups excluding tert-OH is 1. The van der Waals surface area contributed by atoms with Gasteiger partial charge in [0.1, 0.15) is 5.69 Å². The van der Waals surface area contributed by atoms with Crippen LogP contribution < -0.4 is 16.6 Å². The van der Waals surface area contributed by atoms with Crippen molar-refractivity contribution in [1.29, 1.82) is 0 Å². The lowest BCUT2D eigenvalue weighted by molar-refractivity contribution is -0.127. The number of hydrazine groups is 1. The van der Waals surface area contributed by atoms with Crippen molar-refractivity contribution in [2.24, 2.45) is 5.84 Å². The Balaban J connectivity index is 0.00000139. The molecule has 29 heavy (non-hydrogen) atoms. The topological polar surface area (TPSA) is 151 Å². The maximum Gasteiger partial charge on any atom is 0.191 e. The van der Waals surface area contributed by atoms with Crippen molar-refractivity contribution in [3.63, 3.8) is 0 Å². The van der Waals surface area contributed by atoms with E-state index in [1.807, 2.05) is 0 Å². The second-order valence-electron chi connectivity index (χ2n) is 6.85. The first-order chi connectivity index (χ1) is 13.5. The Kier molecular flexibility index (Phi) is 14.5. The molecule has 11 heteroatoms. The molecule has 0 fully saturated rings. The van der Waals surface area contributed by atoms with Crippen LogP contribution in [-0.4, -0.2) is 62.7 Å². The van der Waals surface area contributed by atoms with Gasteiger partial charge in [0.15, 0.2) is 21.9 Å². The Hall–Kier alpha value is -0.880. The Bertz CT molecular complexity index is 572. The number of nitrogen functional groups attached to an aromatic ring is 1. The number of nitrogens with zero attached hydrogens (tertiary/aromatic N) is 3. The van der Waals surface area contributed by atoms with Crippen LogP contribution in [0.25, 0.3) is 0 Å². The molecule has 0 saturated heterocycles. The minimum absolute atomic E-state index is 0.0112. The van der Waals surface area contributed by atoms with Crippen LogP contribution in [0.2, 0.25) is 5.15 Å². The fourth-order valence-corrected chi connectivity index (χ4v) is 3.09. The molecule has 0 aliphatic rings. The van der Waals surface area contributed by atoms with Crippen molar-refractivity contribution in [1.82, 2.24) is 9.97 Å². The number of aromatic nitrogens is 2. The number of aliphatic hydroxyl groups is 3. The summed E-state index contributed by atoms with van der Waals surface area (Å²) in [7, 11) is 0. The molecule has 1 rings (SSSR count). The molecule has 1 atom stereocenters. The van der Waals surface area contributed by atoms with Gasteiger partial charge >= 0.3 is 0 Å². The maximum atomic E-state index is 8.78. The number of anilines is 2. The van der Waals surface area contributed by atoms with Crippen LogP contribution in [0.1, 0.15) is 53.4 Å². The quantitative estimate of drug-likeness (QED) is 0.0605. The van der Waals surface area contributed by atoms with Gasteiger partial charge in [0, 0.05) is 18.4 Å². The van der Waals surface area contributed by atoms with Crippen molar-refractivity contribution in [3.8, 4) is 0 Å². The molecule has 1 unspecified atom stereocenters. The highest BCUT2D eigenvalue weighted by Crippen LogP contribution is 2.30. The summed E-state index contributed by atoms with van der Waals surface area (Å²) < 4.78 is 5.35. The van der Waals surface area contributed by atoms with E-state index in [4.69, 9.17) is 43.2 Å². The molecular weight excluding hydrogens is 418 g/mol. The Morgan fingerprint density at radius 3 is 2.31 bits per heavy atom. The van der Waals surface area contributed by atoms with Crippen LogP contribution >= 0.6 is 23.4 Å². The molecular formula is C18H36ClN5O4S. The van der Waals surface area contributed by atoms with Gasteiger partial charge in [-0.05, 0) is 33.1 Å². The summed E-state index contributed by atoms with van der Waals surface area (Å²) in [5, 5.41) is 27.3. The summed E-state index contributed by atoms with van der Waals surface area (Å²) in [6, 6.07) is 0.0194. The van der Waals surface area contributed by atoms with Crippen molar-refractivity contribution in [3.05, 3.63) is 5.15 Å². The zero-order chi connectivity index (χ0) is 22.4. The average Bonchev–Trinajstić information content (AvgIpc) is 2.63. The molecule has 0 radical (unpaired) electrons. The minimum atomic E-state index is -1.50. The van der Waals surface area contributed by atoms with Crippen LogP contribution in [-0.2, 0) is 4.74 Å². The number of nitrogens with two attached hydrogens (primary N) is 2. The van der Waals surface area contributed by atoms with Crippen molar-refractivity contribution in [2.45, 2.75) is 70.4 Å². The van der Waals surface area contributed by atoms with Gasteiger partial charge in [-0.15, -0.1) is 0 Å². The fourth-order valence-electron chi connectivity index (χ4n) is 2.18. The number of ether oxygens (including phenoxy) is 1. The molecule has 9 nitrogen and oxygen atoms in total. The first-order valence-electron chi connectivity index (χ1n) is 9.68. The molecule has 0 spiro atoms. The second-order valence-corrected chi connectivity index (χ2v) is 8.27. The normalized spacial score (nSPS) is 12.3. The lowest BCUT2D eigenvalue weighted by Gasteiger charge is -2.29. The molecule has 1 aromatic heterocycles. The lowest BCUT2D eigenvalue weighted by atomic mass is 10.1. The number of thioether (sulfide) groups is 1. The van der Waals surface area contributed by atoms with Crippen LogP contribution in [0.15, 0.2) is 5.16 Å². The summed E-state index contributed by atoms with van der Waals surface area (Å²) in [5.41, 5.74) is 6.33. The molecule has 0 amide bonds. The highest BCUT2D eigenvalue weighted by atomic mass is 35.5. The monoisotopic (exact) mass is 453 g/mol. The standard InChI is InChI=1S/C15H28ClN5O2S.C3H8O2/c1-3-5-11(6-8-23-9-7-22)21(18)14-12(17)13(16)19-15(20-14)24-10-4-2;1-3(2,4)5/h11,22H,3-10,17-18H2,1-2H3;4-5H,1-2H3. The molecule has 1 aromatic rings. The van der Waals surface area contributed by atoms with Gasteiger partial charge in [0.05, 0.1) is 13.2 Å². The van der Waals surface area contributed by atoms with Gasteiger partial charge in [-0.2, -0.15) is 0 Å². The SMILES string of the molecule is CC(C)(O)O.CCCSc1nc(Cl)c(N)c(N(N)C(CCC)CCOCCO)n1. The minimum Gasteiger partial charge on any atom is -0.394 e.